The van der Waals surface area contributed by atoms with Crippen LogP contribution >= 0.6 is 0 Å². The molecular formula is C14H13N5O3. The summed E-state index contributed by atoms with van der Waals surface area (Å²) in [7, 11) is 0. The summed E-state index contributed by atoms with van der Waals surface area (Å²) in [5.41, 5.74) is 3.93. The minimum atomic E-state index is -0.795. The van der Waals surface area contributed by atoms with E-state index in [0.717, 1.165) is 12.1 Å². The van der Waals surface area contributed by atoms with Crippen LogP contribution in [0.1, 0.15) is 28.5 Å². The molecule has 4 rings (SSSR count). The summed E-state index contributed by atoms with van der Waals surface area (Å²) in [5, 5.41) is 0. The van der Waals surface area contributed by atoms with Gasteiger partial charge in [0, 0.05) is 6.54 Å². The second-order valence-corrected chi connectivity index (χ2v) is 5.16. The van der Waals surface area contributed by atoms with Crippen molar-refractivity contribution in [1.82, 2.24) is 19.9 Å². The molecule has 2 aromatic rings. The lowest BCUT2D eigenvalue weighted by molar-refractivity contribution is 0.0456. The molecule has 0 unspecified atom stereocenters. The first-order chi connectivity index (χ1) is 10.7. The fourth-order valence-electron chi connectivity index (χ4n) is 2.97. The van der Waals surface area contributed by atoms with E-state index in [0.29, 0.717) is 17.8 Å². The molecule has 0 radical (unpaired) electrons. The fraction of sp³-hybridized carbons (Fsp3) is 0.214. The standard InChI is InChI=1S/C14H13N5O3/c15-17-14(21)22-12-11-10-5-6-18(10)13(20)8-3-1-2-4-9(8)19(11)7-16-12/h1-4,7,10H,5-6,15H2,(H,17,21)/t10-/m0/s1. The average molecular weight is 299 g/mol. The van der Waals surface area contributed by atoms with E-state index >= 15 is 0 Å². The topological polar surface area (TPSA) is 102 Å². The number of fused-ring (bicyclic) bond motifs is 5. The van der Waals surface area contributed by atoms with Crippen molar-refractivity contribution in [3.8, 4) is 11.6 Å². The molecule has 1 saturated heterocycles. The zero-order valence-electron chi connectivity index (χ0n) is 11.5. The van der Waals surface area contributed by atoms with Gasteiger partial charge < -0.3 is 9.64 Å². The Balaban J connectivity index is 1.90. The molecule has 0 saturated carbocycles. The van der Waals surface area contributed by atoms with Crippen LogP contribution in [0.25, 0.3) is 5.69 Å². The summed E-state index contributed by atoms with van der Waals surface area (Å²) in [4.78, 5) is 29.9. The minimum absolute atomic E-state index is 0.0234. The van der Waals surface area contributed by atoms with Crippen LogP contribution in [0.3, 0.4) is 0 Å². The molecule has 1 aromatic heterocycles. The molecule has 22 heavy (non-hydrogen) atoms. The summed E-state index contributed by atoms with van der Waals surface area (Å²) in [6, 6.07) is 7.16. The second-order valence-electron chi connectivity index (χ2n) is 5.16. The van der Waals surface area contributed by atoms with Gasteiger partial charge in [-0.05, 0) is 18.6 Å². The molecule has 0 bridgehead atoms. The van der Waals surface area contributed by atoms with Gasteiger partial charge in [0.25, 0.3) is 5.91 Å². The number of amides is 2. The normalized spacial score (nSPS) is 18.5. The summed E-state index contributed by atoms with van der Waals surface area (Å²) < 4.78 is 6.92. The Bertz CT molecular complexity index is 785. The van der Waals surface area contributed by atoms with Gasteiger partial charge in [0.15, 0.2) is 0 Å². The number of hydrogen-bond acceptors (Lipinski definition) is 5. The first kappa shape index (κ1) is 12.8. The highest BCUT2D eigenvalue weighted by atomic mass is 16.6. The van der Waals surface area contributed by atoms with Crippen molar-refractivity contribution in [3.05, 3.63) is 41.9 Å². The number of hydrazine groups is 1. The van der Waals surface area contributed by atoms with Gasteiger partial charge in [0.05, 0.1) is 17.3 Å². The van der Waals surface area contributed by atoms with Gasteiger partial charge in [-0.3, -0.25) is 14.8 Å². The second kappa shape index (κ2) is 4.57. The van der Waals surface area contributed by atoms with E-state index in [4.69, 9.17) is 10.6 Å². The van der Waals surface area contributed by atoms with E-state index in [2.05, 4.69) is 4.98 Å². The monoisotopic (exact) mass is 299 g/mol. The Morgan fingerprint density at radius 2 is 2.23 bits per heavy atom. The van der Waals surface area contributed by atoms with Crippen molar-refractivity contribution in [3.63, 3.8) is 0 Å². The Hall–Kier alpha value is -2.87. The lowest BCUT2D eigenvalue weighted by Gasteiger charge is -2.39. The van der Waals surface area contributed by atoms with Gasteiger partial charge >= 0.3 is 6.09 Å². The molecule has 0 spiro atoms. The Kier molecular flexibility index (Phi) is 2.67. The quantitative estimate of drug-likeness (QED) is 0.459. The third kappa shape index (κ3) is 1.64. The van der Waals surface area contributed by atoms with Crippen molar-refractivity contribution in [2.24, 2.45) is 5.84 Å². The van der Waals surface area contributed by atoms with Crippen LogP contribution in [0.4, 0.5) is 4.79 Å². The van der Waals surface area contributed by atoms with Crippen LogP contribution in [0, 0.1) is 0 Å². The number of para-hydroxylation sites is 1. The number of nitrogens with zero attached hydrogens (tertiary/aromatic N) is 3. The van der Waals surface area contributed by atoms with Crippen LogP contribution in [0.15, 0.2) is 30.6 Å². The predicted molar refractivity (Wildman–Crippen MR) is 75.3 cm³/mol. The van der Waals surface area contributed by atoms with Crippen LogP contribution in [-0.2, 0) is 0 Å². The van der Waals surface area contributed by atoms with E-state index in [9.17, 15) is 9.59 Å². The molecule has 2 amide bonds. The van der Waals surface area contributed by atoms with Gasteiger partial charge in [-0.1, -0.05) is 12.1 Å². The van der Waals surface area contributed by atoms with Crippen LogP contribution < -0.4 is 16.0 Å². The van der Waals surface area contributed by atoms with Crippen molar-refractivity contribution in [2.45, 2.75) is 12.5 Å². The SMILES string of the molecule is NNC(=O)Oc1ncn2c1[C@@H]1CCN1C(=O)c1ccccc1-2. The number of carbonyl (C=O) groups excluding carboxylic acids is 2. The van der Waals surface area contributed by atoms with Crippen LogP contribution in [0.2, 0.25) is 0 Å². The maximum absolute atomic E-state index is 12.6. The minimum Gasteiger partial charge on any atom is -0.388 e. The van der Waals surface area contributed by atoms with Gasteiger partial charge in [0.2, 0.25) is 5.88 Å². The Morgan fingerprint density at radius 1 is 1.41 bits per heavy atom. The van der Waals surface area contributed by atoms with Crippen LogP contribution in [0.5, 0.6) is 5.88 Å². The maximum Gasteiger partial charge on any atom is 0.428 e. The number of nitrogens with one attached hydrogen (secondary N) is 1. The van der Waals surface area contributed by atoms with Gasteiger partial charge in [-0.25, -0.2) is 15.6 Å². The fourth-order valence-corrected chi connectivity index (χ4v) is 2.97. The molecule has 3 N–H and O–H groups in total. The first-order valence-corrected chi connectivity index (χ1v) is 6.86. The number of rotatable bonds is 1. The molecule has 1 fully saturated rings. The molecule has 0 aliphatic carbocycles. The first-order valence-electron chi connectivity index (χ1n) is 6.86. The number of carbonyl (C=O) groups is 2. The molecule has 3 heterocycles. The Morgan fingerprint density at radius 3 is 2.95 bits per heavy atom. The molecule has 8 heteroatoms. The average Bonchev–Trinajstić information content (AvgIpc) is 2.86. The highest BCUT2D eigenvalue weighted by molar-refractivity contribution is 5.99. The zero-order chi connectivity index (χ0) is 15.3. The maximum atomic E-state index is 12.6. The predicted octanol–water partition coefficient (Wildman–Crippen LogP) is 0.735. The molecule has 112 valence electrons. The van der Waals surface area contributed by atoms with E-state index < -0.39 is 6.09 Å². The van der Waals surface area contributed by atoms with Crippen molar-refractivity contribution in [2.75, 3.05) is 6.54 Å². The zero-order valence-corrected chi connectivity index (χ0v) is 11.5. The molecule has 8 nitrogen and oxygen atoms in total. The van der Waals surface area contributed by atoms with Crippen molar-refractivity contribution in [1.29, 1.82) is 0 Å². The summed E-state index contributed by atoms with van der Waals surface area (Å²) in [6.07, 6.45) is 1.56. The number of imidazole rings is 1. The van der Waals surface area contributed by atoms with Gasteiger partial charge in [-0.15, -0.1) is 0 Å². The van der Waals surface area contributed by atoms with Gasteiger partial charge in [-0.2, -0.15) is 0 Å². The third-order valence-corrected chi connectivity index (χ3v) is 4.07. The van der Waals surface area contributed by atoms with Crippen molar-refractivity contribution >= 4 is 12.0 Å². The van der Waals surface area contributed by atoms with Crippen molar-refractivity contribution < 1.29 is 14.3 Å². The molecule has 2 aliphatic heterocycles. The number of ether oxygens (including phenoxy) is 1. The van der Waals surface area contributed by atoms with E-state index in [1.165, 1.54) is 0 Å². The lowest BCUT2D eigenvalue weighted by Crippen LogP contribution is -2.44. The van der Waals surface area contributed by atoms with Gasteiger partial charge in [0.1, 0.15) is 12.0 Å². The van der Waals surface area contributed by atoms with E-state index in [-0.39, 0.29) is 17.8 Å². The summed E-state index contributed by atoms with van der Waals surface area (Å²) in [5.74, 6) is 5.19. The highest BCUT2D eigenvalue weighted by Crippen LogP contribution is 2.43. The number of benzene rings is 1. The summed E-state index contributed by atoms with van der Waals surface area (Å²) in [6.45, 7) is 0.672. The number of aromatic nitrogens is 2. The number of hydrogen-bond donors (Lipinski definition) is 2. The highest BCUT2D eigenvalue weighted by Gasteiger charge is 2.42. The molecular weight excluding hydrogens is 286 g/mol. The smallest absolute Gasteiger partial charge is 0.388 e. The molecule has 1 aromatic carbocycles. The Labute approximate surface area is 125 Å². The van der Waals surface area contributed by atoms with E-state index in [1.807, 2.05) is 23.6 Å². The molecule has 1 atom stereocenters. The van der Waals surface area contributed by atoms with E-state index in [1.54, 1.807) is 21.9 Å². The lowest BCUT2D eigenvalue weighted by atomic mass is 9.99. The van der Waals surface area contributed by atoms with Crippen LogP contribution in [-0.4, -0.2) is 33.0 Å². The molecule has 2 aliphatic rings. The number of nitrogens with two attached hydrogens (primary N) is 1. The third-order valence-electron chi connectivity index (χ3n) is 4.07. The largest absolute Gasteiger partial charge is 0.428 e. The summed E-state index contributed by atoms with van der Waals surface area (Å²) >= 11 is 0.